The molecule has 11 heteroatoms. The van der Waals surface area contributed by atoms with Gasteiger partial charge in [0.05, 0.1) is 19.1 Å². The fourth-order valence-corrected chi connectivity index (χ4v) is 7.80. The summed E-state index contributed by atoms with van der Waals surface area (Å²) in [5.41, 5.74) is -0.882. The average Bonchev–Trinajstić information content (AvgIpc) is 3.25. The van der Waals surface area contributed by atoms with Gasteiger partial charge in [0.2, 0.25) is 0 Å². The van der Waals surface area contributed by atoms with E-state index in [1.165, 1.54) is 38.5 Å². The van der Waals surface area contributed by atoms with E-state index in [-0.39, 0.29) is 49.3 Å². The molecule has 1 saturated carbocycles. The van der Waals surface area contributed by atoms with Crippen LogP contribution in [0.5, 0.6) is 0 Å². The van der Waals surface area contributed by atoms with Gasteiger partial charge in [-0.05, 0) is 77.9 Å². The zero-order valence-corrected chi connectivity index (χ0v) is 32.1. The standard InChI is InChI=1S/C40H65N3O8/c1-29(28-49-38(47)43-22-12-20-39(43,4)5)13-11-14-30(2)36-31(3)17-18-34(40(6,48)21-19-33(44)27-35(45)51-36)50-37(46)42-25-23-41(24-26-42)32-15-9-7-8-10-16-32/h11,13-14,17-18,29,31-34,36,44,48H,7-10,12,15-16,19-28H2,1-6H3/b13-11+,18-17+,30-14+/t29-,31+,33+,34+,36-,40+/m1/s1. The molecule has 288 valence electrons. The first kappa shape index (κ1) is 40.9. The van der Waals surface area contributed by atoms with Crippen LogP contribution in [0.3, 0.4) is 0 Å². The van der Waals surface area contributed by atoms with Gasteiger partial charge in [-0.2, -0.15) is 0 Å². The number of allylic oxidation sites excluding steroid dienone is 2. The lowest BCUT2D eigenvalue weighted by molar-refractivity contribution is -0.151. The quantitative estimate of drug-likeness (QED) is 0.101. The number of nitrogens with zero attached hydrogens (tertiary/aromatic N) is 3. The van der Waals surface area contributed by atoms with E-state index in [0.29, 0.717) is 25.7 Å². The highest BCUT2D eigenvalue weighted by Gasteiger charge is 2.38. The number of ether oxygens (including phenoxy) is 3. The molecule has 0 aromatic carbocycles. The van der Waals surface area contributed by atoms with Crippen molar-refractivity contribution in [1.82, 2.24) is 14.7 Å². The molecule has 3 fully saturated rings. The number of aliphatic hydroxyl groups excluding tert-OH is 1. The summed E-state index contributed by atoms with van der Waals surface area (Å²) in [4.78, 5) is 45.0. The monoisotopic (exact) mass is 715 g/mol. The first-order chi connectivity index (χ1) is 24.2. The van der Waals surface area contributed by atoms with Crippen molar-refractivity contribution in [3.63, 3.8) is 0 Å². The summed E-state index contributed by atoms with van der Waals surface area (Å²) in [6.07, 6.45) is 15.4. The summed E-state index contributed by atoms with van der Waals surface area (Å²) < 4.78 is 17.5. The molecule has 0 unspecified atom stereocenters. The minimum Gasteiger partial charge on any atom is -0.457 e. The molecule has 1 aliphatic carbocycles. The second-order valence-corrected chi connectivity index (χ2v) is 16.3. The maximum Gasteiger partial charge on any atom is 0.410 e. The Hall–Kier alpha value is -2.89. The average molecular weight is 716 g/mol. The largest absolute Gasteiger partial charge is 0.457 e. The van der Waals surface area contributed by atoms with Crippen molar-refractivity contribution in [1.29, 1.82) is 0 Å². The molecule has 11 nitrogen and oxygen atoms in total. The third-order valence-electron chi connectivity index (χ3n) is 11.3. The number of hydrogen-bond donors (Lipinski definition) is 2. The Labute approximate surface area is 306 Å². The minimum absolute atomic E-state index is 0.0347. The number of cyclic esters (lactones) is 1. The van der Waals surface area contributed by atoms with E-state index in [1.807, 2.05) is 45.1 Å². The molecule has 4 rings (SSSR count). The second kappa shape index (κ2) is 18.7. The molecule has 2 N–H and O–H groups in total. The highest BCUT2D eigenvalue weighted by atomic mass is 16.6. The predicted molar refractivity (Wildman–Crippen MR) is 197 cm³/mol. The molecule has 2 amide bonds. The summed E-state index contributed by atoms with van der Waals surface area (Å²) in [6.45, 7) is 15.2. The third kappa shape index (κ3) is 12.1. The molecule has 3 aliphatic heterocycles. The summed E-state index contributed by atoms with van der Waals surface area (Å²) >= 11 is 0. The third-order valence-corrected chi connectivity index (χ3v) is 11.3. The zero-order valence-electron chi connectivity index (χ0n) is 32.1. The maximum absolute atomic E-state index is 13.5. The van der Waals surface area contributed by atoms with E-state index in [9.17, 15) is 24.6 Å². The van der Waals surface area contributed by atoms with Crippen molar-refractivity contribution in [2.75, 3.05) is 39.3 Å². The van der Waals surface area contributed by atoms with Crippen LogP contribution in [0, 0.1) is 11.8 Å². The van der Waals surface area contributed by atoms with Gasteiger partial charge in [-0.15, -0.1) is 0 Å². The van der Waals surface area contributed by atoms with Crippen LogP contribution in [0.2, 0.25) is 0 Å². The van der Waals surface area contributed by atoms with Gasteiger partial charge in [-0.25, -0.2) is 9.59 Å². The van der Waals surface area contributed by atoms with Crippen molar-refractivity contribution in [2.45, 2.75) is 148 Å². The molecular weight excluding hydrogens is 650 g/mol. The Morgan fingerprint density at radius 1 is 0.980 bits per heavy atom. The number of likely N-dealkylation sites (tertiary alicyclic amines) is 1. The predicted octanol–water partition coefficient (Wildman–Crippen LogP) is 6.38. The molecule has 0 spiro atoms. The van der Waals surface area contributed by atoms with Crippen LogP contribution < -0.4 is 0 Å². The number of amides is 2. The molecule has 2 saturated heterocycles. The van der Waals surface area contributed by atoms with Crippen molar-refractivity contribution in [3.05, 3.63) is 36.0 Å². The van der Waals surface area contributed by atoms with Gasteiger partial charge < -0.3 is 34.2 Å². The van der Waals surface area contributed by atoms with Crippen LogP contribution in [0.15, 0.2) is 36.0 Å². The fourth-order valence-electron chi connectivity index (χ4n) is 7.80. The lowest BCUT2D eigenvalue weighted by Crippen LogP contribution is -2.53. The van der Waals surface area contributed by atoms with Crippen LogP contribution in [-0.2, 0) is 19.0 Å². The molecule has 51 heavy (non-hydrogen) atoms. The number of rotatable bonds is 7. The fraction of sp³-hybridized carbons (Fsp3) is 0.775. The zero-order chi connectivity index (χ0) is 37.2. The van der Waals surface area contributed by atoms with Gasteiger partial charge in [0, 0.05) is 56.1 Å². The normalized spacial score (nSPS) is 32.0. The summed E-state index contributed by atoms with van der Waals surface area (Å²) in [7, 11) is 0. The molecule has 3 heterocycles. The van der Waals surface area contributed by atoms with Crippen molar-refractivity contribution < 1.29 is 38.8 Å². The summed E-state index contributed by atoms with van der Waals surface area (Å²) in [5.74, 6) is -0.897. The smallest absolute Gasteiger partial charge is 0.410 e. The molecule has 0 aromatic heterocycles. The van der Waals surface area contributed by atoms with Gasteiger partial charge in [-0.1, -0.05) is 63.8 Å². The van der Waals surface area contributed by atoms with E-state index in [0.717, 1.165) is 31.5 Å². The number of aliphatic hydroxyl groups is 2. The number of hydrogen-bond acceptors (Lipinski definition) is 9. The lowest BCUT2D eigenvalue weighted by atomic mass is 9.89. The van der Waals surface area contributed by atoms with E-state index < -0.39 is 36.0 Å². The number of carbonyl (C=O) groups is 3. The summed E-state index contributed by atoms with van der Waals surface area (Å²) in [5, 5.41) is 22.2. The Bertz CT molecular complexity index is 1250. The van der Waals surface area contributed by atoms with Crippen molar-refractivity contribution in [3.8, 4) is 0 Å². The van der Waals surface area contributed by atoms with Gasteiger partial charge >= 0.3 is 18.2 Å². The van der Waals surface area contributed by atoms with Crippen LogP contribution >= 0.6 is 0 Å². The van der Waals surface area contributed by atoms with Crippen LogP contribution in [0.25, 0.3) is 0 Å². The lowest BCUT2D eigenvalue weighted by Gasteiger charge is -2.40. The number of piperazine rings is 1. The molecule has 6 atom stereocenters. The Balaban J connectivity index is 1.39. The van der Waals surface area contributed by atoms with Crippen LogP contribution in [0.1, 0.15) is 112 Å². The first-order valence-electron chi connectivity index (χ1n) is 19.4. The van der Waals surface area contributed by atoms with E-state index in [4.69, 9.17) is 14.2 Å². The Morgan fingerprint density at radius 3 is 2.31 bits per heavy atom. The maximum atomic E-state index is 13.5. The van der Waals surface area contributed by atoms with Gasteiger partial charge in [0.25, 0.3) is 0 Å². The molecule has 0 radical (unpaired) electrons. The topological polar surface area (TPSA) is 129 Å². The van der Waals surface area contributed by atoms with E-state index >= 15 is 0 Å². The first-order valence-corrected chi connectivity index (χ1v) is 19.4. The highest BCUT2D eigenvalue weighted by Crippen LogP contribution is 2.30. The van der Waals surface area contributed by atoms with Gasteiger partial charge in [0.15, 0.2) is 6.10 Å². The van der Waals surface area contributed by atoms with Gasteiger partial charge in [-0.3, -0.25) is 9.69 Å². The van der Waals surface area contributed by atoms with Gasteiger partial charge in [0.1, 0.15) is 11.7 Å². The van der Waals surface area contributed by atoms with Crippen molar-refractivity contribution in [2.24, 2.45) is 11.8 Å². The highest BCUT2D eigenvalue weighted by molar-refractivity contribution is 5.71. The SMILES string of the molecule is C/C(=C\C=C\[C@@H](C)COC(=O)N1CCCC1(C)C)[C@H]1OC(=O)C[C@@H](O)CC[C@](C)(O)[C@@H](OC(=O)N2CCN(C3CCCCCC3)CC2)/C=C/[C@@H]1C. The van der Waals surface area contributed by atoms with Crippen molar-refractivity contribution >= 4 is 18.2 Å². The summed E-state index contributed by atoms with van der Waals surface area (Å²) in [6, 6.07) is 0.587. The minimum atomic E-state index is -1.47. The molecule has 0 aromatic rings. The number of esters is 1. The van der Waals surface area contributed by atoms with E-state index in [2.05, 4.69) is 18.7 Å². The van der Waals surface area contributed by atoms with Crippen LogP contribution in [0.4, 0.5) is 9.59 Å². The molecule has 4 aliphatic rings. The second-order valence-electron chi connectivity index (χ2n) is 16.3. The Morgan fingerprint density at radius 2 is 1.67 bits per heavy atom. The molecular formula is C40H65N3O8. The molecule has 0 bridgehead atoms. The van der Waals surface area contributed by atoms with E-state index in [1.54, 1.807) is 22.8 Å². The Kier molecular flexibility index (Phi) is 15.0. The number of carbonyl (C=O) groups excluding carboxylic acids is 3. The van der Waals surface area contributed by atoms with Crippen LogP contribution in [-0.4, -0.2) is 118 Å².